The monoisotopic (exact) mass is 247 g/mol. The fraction of sp³-hybridized carbons (Fsp3) is 0.429. The minimum atomic E-state index is -0.166. The maximum absolute atomic E-state index is 13.4. The first-order valence-electron chi connectivity index (χ1n) is 6.39. The summed E-state index contributed by atoms with van der Waals surface area (Å²) in [6, 6.07) is 5.07. The van der Waals surface area contributed by atoms with Crippen LogP contribution in [0, 0.1) is 5.82 Å². The predicted molar refractivity (Wildman–Crippen MR) is 71.0 cm³/mol. The number of fused-ring (bicyclic) bond motifs is 3. The molecule has 3 nitrogen and oxygen atoms in total. The SMILES string of the molecule is CN1CCn2c(c(CCN)c3ccc(F)cc32)C1. The lowest BCUT2D eigenvalue weighted by molar-refractivity contribution is 0.271. The van der Waals surface area contributed by atoms with Gasteiger partial charge in [-0.3, -0.25) is 4.90 Å². The van der Waals surface area contributed by atoms with Gasteiger partial charge >= 0.3 is 0 Å². The van der Waals surface area contributed by atoms with Crippen molar-refractivity contribution in [3.8, 4) is 0 Å². The van der Waals surface area contributed by atoms with Crippen molar-refractivity contribution in [3.63, 3.8) is 0 Å². The van der Waals surface area contributed by atoms with Gasteiger partial charge in [-0.05, 0) is 43.8 Å². The number of benzene rings is 1. The molecular formula is C14H18FN3. The van der Waals surface area contributed by atoms with E-state index in [2.05, 4.69) is 16.5 Å². The van der Waals surface area contributed by atoms with E-state index in [4.69, 9.17) is 5.73 Å². The molecule has 0 fully saturated rings. The van der Waals surface area contributed by atoms with Crippen molar-refractivity contribution in [2.75, 3.05) is 20.1 Å². The highest BCUT2D eigenvalue weighted by atomic mass is 19.1. The molecule has 0 bridgehead atoms. The van der Waals surface area contributed by atoms with Gasteiger partial charge in [0.05, 0.1) is 5.52 Å². The third-order valence-corrected chi connectivity index (χ3v) is 3.77. The highest BCUT2D eigenvalue weighted by Crippen LogP contribution is 2.30. The first kappa shape index (κ1) is 11.7. The van der Waals surface area contributed by atoms with E-state index in [0.717, 1.165) is 37.0 Å². The highest BCUT2D eigenvalue weighted by Gasteiger charge is 2.21. The molecule has 1 aliphatic rings. The number of hydrogen-bond donors (Lipinski definition) is 1. The highest BCUT2D eigenvalue weighted by molar-refractivity contribution is 5.86. The van der Waals surface area contributed by atoms with E-state index >= 15 is 0 Å². The molecule has 0 aliphatic carbocycles. The Balaban J connectivity index is 2.26. The predicted octanol–water partition coefficient (Wildman–Crippen LogP) is 1.73. The normalized spacial score (nSPS) is 16.2. The van der Waals surface area contributed by atoms with Crippen LogP contribution in [0.3, 0.4) is 0 Å². The first-order chi connectivity index (χ1) is 8.70. The number of likely N-dealkylation sites (N-methyl/N-ethyl adjacent to an activating group) is 1. The van der Waals surface area contributed by atoms with E-state index in [1.54, 1.807) is 6.07 Å². The summed E-state index contributed by atoms with van der Waals surface area (Å²) >= 11 is 0. The van der Waals surface area contributed by atoms with Gasteiger partial charge in [-0.15, -0.1) is 0 Å². The van der Waals surface area contributed by atoms with Crippen molar-refractivity contribution in [1.29, 1.82) is 0 Å². The Morgan fingerprint density at radius 1 is 1.33 bits per heavy atom. The average molecular weight is 247 g/mol. The van der Waals surface area contributed by atoms with Gasteiger partial charge in [-0.25, -0.2) is 4.39 Å². The zero-order chi connectivity index (χ0) is 12.7. The van der Waals surface area contributed by atoms with Crippen LogP contribution in [0.4, 0.5) is 4.39 Å². The molecule has 0 amide bonds. The molecule has 3 rings (SSSR count). The fourth-order valence-corrected chi connectivity index (χ4v) is 2.91. The van der Waals surface area contributed by atoms with Crippen molar-refractivity contribution in [2.24, 2.45) is 5.73 Å². The van der Waals surface area contributed by atoms with Crippen LogP contribution in [-0.4, -0.2) is 29.6 Å². The molecule has 0 saturated heterocycles. The van der Waals surface area contributed by atoms with Crippen LogP contribution in [0.5, 0.6) is 0 Å². The Morgan fingerprint density at radius 2 is 2.17 bits per heavy atom. The van der Waals surface area contributed by atoms with Crippen LogP contribution in [0.1, 0.15) is 11.3 Å². The smallest absolute Gasteiger partial charge is 0.125 e. The van der Waals surface area contributed by atoms with E-state index in [-0.39, 0.29) is 5.82 Å². The van der Waals surface area contributed by atoms with E-state index in [9.17, 15) is 4.39 Å². The molecule has 1 aliphatic heterocycles. The van der Waals surface area contributed by atoms with Crippen LogP contribution in [-0.2, 0) is 19.5 Å². The van der Waals surface area contributed by atoms with Gasteiger partial charge in [0.1, 0.15) is 5.82 Å². The molecule has 0 atom stereocenters. The number of aromatic nitrogens is 1. The molecule has 4 heteroatoms. The minimum Gasteiger partial charge on any atom is -0.342 e. The molecule has 0 spiro atoms. The van der Waals surface area contributed by atoms with E-state index in [1.165, 1.54) is 17.3 Å². The Labute approximate surface area is 106 Å². The third-order valence-electron chi connectivity index (χ3n) is 3.77. The first-order valence-corrected chi connectivity index (χ1v) is 6.39. The minimum absolute atomic E-state index is 0.166. The summed E-state index contributed by atoms with van der Waals surface area (Å²) in [7, 11) is 2.12. The molecular weight excluding hydrogens is 229 g/mol. The Kier molecular flexibility index (Phi) is 2.84. The quantitative estimate of drug-likeness (QED) is 0.877. The van der Waals surface area contributed by atoms with Crippen LogP contribution in [0.25, 0.3) is 10.9 Å². The van der Waals surface area contributed by atoms with Crippen molar-refractivity contribution in [2.45, 2.75) is 19.5 Å². The lowest BCUT2D eigenvalue weighted by Crippen LogP contribution is -2.30. The molecule has 1 aromatic heterocycles. The largest absolute Gasteiger partial charge is 0.342 e. The molecule has 2 heterocycles. The van der Waals surface area contributed by atoms with Gasteiger partial charge in [0.25, 0.3) is 0 Å². The summed E-state index contributed by atoms with van der Waals surface area (Å²) in [5, 5.41) is 1.16. The second-order valence-electron chi connectivity index (χ2n) is 5.01. The maximum Gasteiger partial charge on any atom is 0.125 e. The molecule has 1 aromatic carbocycles. The van der Waals surface area contributed by atoms with Crippen LogP contribution in [0.15, 0.2) is 18.2 Å². The van der Waals surface area contributed by atoms with Crippen LogP contribution >= 0.6 is 0 Å². The topological polar surface area (TPSA) is 34.2 Å². The van der Waals surface area contributed by atoms with Crippen molar-refractivity contribution >= 4 is 10.9 Å². The van der Waals surface area contributed by atoms with Gasteiger partial charge < -0.3 is 10.3 Å². The van der Waals surface area contributed by atoms with Crippen molar-refractivity contribution in [3.05, 3.63) is 35.3 Å². The molecule has 0 saturated carbocycles. The van der Waals surface area contributed by atoms with Crippen LogP contribution in [0.2, 0.25) is 0 Å². The molecule has 0 unspecified atom stereocenters. The summed E-state index contributed by atoms with van der Waals surface area (Å²) in [4.78, 5) is 2.30. The molecule has 96 valence electrons. The fourth-order valence-electron chi connectivity index (χ4n) is 2.91. The zero-order valence-electron chi connectivity index (χ0n) is 10.6. The summed E-state index contributed by atoms with van der Waals surface area (Å²) in [6.07, 6.45) is 0.859. The summed E-state index contributed by atoms with van der Waals surface area (Å²) in [5.41, 5.74) is 9.32. The van der Waals surface area contributed by atoms with Gasteiger partial charge in [0, 0.05) is 30.7 Å². The maximum atomic E-state index is 13.4. The molecule has 2 N–H and O–H groups in total. The van der Waals surface area contributed by atoms with Gasteiger partial charge in [0.2, 0.25) is 0 Å². The van der Waals surface area contributed by atoms with Gasteiger partial charge in [0.15, 0.2) is 0 Å². The van der Waals surface area contributed by atoms with Gasteiger partial charge in [-0.1, -0.05) is 0 Å². The zero-order valence-corrected chi connectivity index (χ0v) is 10.6. The summed E-state index contributed by atoms with van der Waals surface area (Å²) in [5.74, 6) is -0.166. The summed E-state index contributed by atoms with van der Waals surface area (Å²) in [6.45, 7) is 3.49. The Hall–Kier alpha value is -1.39. The summed E-state index contributed by atoms with van der Waals surface area (Å²) < 4.78 is 15.7. The van der Waals surface area contributed by atoms with Gasteiger partial charge in [-0.2, -0.15) is 0 Å². The number of hydrogen-bond acceptors (Lipinski definition) is 2. The Morgan fingerprint density at radius 3 is 2.94 bits per heavy atom. The van der Waals surface area contributed by atoms with E-state index < -0.39 is 0 Å². The third kappa shape index (κ3) is 1.72. The van der Waals surface area contributed by atoms with Crippen molar-refractivity contribution < 1.29 is 4.39 Å². The second-order valence-corrected chi connectivity index (χ2v) is 5.01. The molecule has 18 heavy (non-hydrogen) atoms. The lowest BCUT2D eigenvalue weighted by Gasteiger charge is -2.26. The number of rotatable bonds is 2. The lowest BCUT2D eigenvalue weighted by atomic mass is 10.1. The second kappa shape index (κ2) is 4.37. The standard InChI is InChI=1S/C14H18FN3/c1-17-6-7-18-13-8-10(15)2-3-11(13)12(4-5-16)14(18)9-17/h2-3,8H,4-7,9,16H2,1H3. The Bertz CT molecular complexity index is 588. The van der Waals surface area contributed by atoms with E-state index in [0.29, 0.717) is 6.54 Å². The number of nitrogens with zero attached hydrogens (tertiary/aromatic N) is 2. The average Bonchev–Trinajstić information content (AvgIpc) is 2.63. The number of nitrogens with two attached hydrogens (primary N) is 1. The van der Waals surface area contributed by atoms with Crippen LogP contribution < -0.4 is 5.73 Å². The van der Waals surface area contributed by atoms with Crippen molar-refractivity contribution in [1.82, 2.24) is 9.47 Å². The molecule has 2 aromatic rings. The number of halogens is 1. The van der Waals surface area contributed by atoms with E-state index in [1.807, 2.05) is 6.07 Å². The molecule has 0 radical (unpaired) electrons.